The maximum atomic E-state index is 11.8. The number of nitrogens with one attached hydrogen (secondary N) is 2. The van der Waals surface area contributed by atoms with Crippen LogP contribution in [0.2, 0.25) is 0 Å². The van der Waals surface area contributed by atoms with Gasteiger partial charge in [0.2, 0.25) is 0 Å². The molecule has 3 amide bonds. The highest BCUT2D eigenvalue weighted by Crippen LogP contribution is 2.10. The van der Waals surface area contributed by atoms with Crippen molar-refractivity contribution in [3.63, 3.8) is 0 Å². The predicted molar refractivity (Wildman–Crippen MR) is 84.8 cm³/mol. The lowest BCUT2D eigenvalue weighted by molar-refractivity contribution is -0.154. The fourth-order valence-electron chi connectivity index (χ4n) is 1.35. The summed E-state index contributed by atoms with van der Waals surface area (Å²) >= 11 is 0. The summed E-state index contributed by atoms with van der Waals surface area (Å²) in [6.07, 6.45) is 0.260. The minimum absolute atomic E-state index is 0.180. The number of nitrogens with zero attached hydrogens (tertiary/aromatic N) is 1. The molecule has 0 aromatic carbocycles. The van der Waals surface area contributed by atoms with Crippen molar-refractivity contribution in [2.24, 2.45) is 10.8 Å². The summed E-state index contributed by atoms with van der Waals surface area (Å²) in [5.74, 6) is -0.538. The van der Waals surface area contributed by atoms with Crippen LogP contribution in [0.25, 0.3) is 0 Å². The SMILES string of the molecule is CC(C)(C)OC(=O)C[C@H](C=NNC(N)=O)NC(=O)OC(C)(C)C. The molecule has 0 unspecified atom stereocenters. The van der Waals surface area contributed by atoms with Crippen LogP contribution in [0.3, 0.4) is 0 Å². The highest BCUT2D eigenvalue weighted by Gasteiger charge is 2.23. The lowest BCUT2D eigenvalue weighted by Gasteiger charge is -2.23. The molecular weight excluding hydrogens is 304 g/mol. The molecule has 23 heavy (non-hydrogen) atoms. The maximum Gasteiger partial charge on any atom is 0.408 e. The van der Waals surface area contributed by atoms with Gasteiger partial charge < -0.3 is 20.5 Å². The Morgan fingerprint density at radius 2 is 1.61 bits per heavy atom. The van der Waals surface area contributed by atoms with Gasteiger partial charge in [-0.25, -0.2) is 15.0 Å². The van der Waals surface area contributed by atoms with Gasteiger partial charge in [-0.3, -0.25) is 4.79 Å². The number of carbonyl (C=O) groups is 3. The molecule has 1 atom stereocenters. The molecule has 0 radical (unpaired) electrons. The Bertz CT molecular complexity index is 433. The van der Waals surface area contributed by atoms with E-state index in [-0.39, 0.29) is 6.42 Å². The van der Waals surface area contributed by atoms with Crippen LogP contribution in [-0.4, -0.2) is 41.6 Å². The van der Waals surface area contributed by atoms with E-state index in [0.29, 0.717) is 0 Å². The topological polar surface area (TPSA) is 132 Å². The van der Waals surface area contributed by atoms with Gasteiger partial charge >= 0.3 is 18.1 Å². The number of carbonyl (C=O) groups excluding carboxylic acids is 3. The highest BCUT2D eigenvalue weighted by atomic mass is 16.6. The van der Waals surface area contributed by atoms with Crippen molar-refractivity contribution in [2.75, 3.05) is 0 Å². The van der Waals surface area contributed by atoms with Crippen molar-refractivity contribution in [1.82, 2.24) is 10.7 Å². The Kier molecular flexibility index (Phi) is 7.51. The van der Waals surface area contributed by atoms with E-state index >= 15 is 0 Å². The van der Waals surface area contributed by atoms with Crippen molar-refractivity contribution in [3.8, 4) is 0 Å². The Hall–Kier alpha value is -2.32. The predicted octanol–water partition coefficient (Wildman–Crippen LogP) is 1.27. The minimum atomic E-state index is -0.866. The number of urea groups is 1. The van der Waals surface area contributed by atoms with Gasteiger partial charge in [0, 0.05) is 6.21 Å². The van der Waals surface area contributed by atoms with Gasteiger partial charge in [0.1, 0.15) is 11.2 Å². The van der Waals surface area contributed by atoms with Gasteiger partial charge in [-0.1, -0.05) is 0 Å². The Morgan fingerprint density at radius 3 is 2.04 bits per heavy atom. The summed E-state index contributed by atoms with van der Waals surface area (Å²) in [6, 6.07) is -1.69. The molecule has 0 aliphatic carbocycles. The van der Waals surface area contributed by atoms with Gasteiger partial charge in [-0.15, -0.1) is 0 Å². The van der Waals surface area contributed by atoms with Crippen LogP contribution in [0.4, 0.5) is 9.59 Å². The van der Waals surface area contributed by atoms with Crippen LogP contribution in [0.15, 0.2) is 5.10 Å². The van der Waals surface area contributed by atoms with E-state index in [1.165, 1.54) is 6.21 Å². The average Bonchev–Trinajstić information content (AvgIpc) is 2.21. The average molecular weight is 330 g/mol. The highest BCUT2D eigenvalue weighted by molar-refractivity contribution is 5.82. The Labute approximate surface area is 136 Å². The van der Waals surface area contributed by atoms with Crippen molar-refractivity contribution < 1.29 is 23.9 Å². The van der Waals surface area contributed by atoms with E-state index in [4.69, 9.17) is 15.2 Å². The van der Waals surface area contributed by atoms with Gasteiger partial charge in [0.05, 0.1) is 12.5 Å². The summed E-state index contributed by atoms with van der Waals surface area (Å²) in [5, 5.41) is 6.00. The fourth-order valence-corrected chi connectivity index (χ4v) is 1.35. The second-order valence-electron chi connectivity index (χ2n) is 6.80. The number of esters is 1. The lowest BCUT2D eigenvalue weighted by atomic mass is 10.2. The number of nitrogens with two attached hydrogens (primary N) is 1. The first-order valence-electron chi connectivity index (χ1n) is 7.08. The number of alkyl carbamates (subject to hydrolysis) is 1. The molecule has 0 bridgehead atoms. The number of rotatable bonds is 5. The van der Waals surface area contributed by atoms with E-state index in [9.17, 15) is 14.4 Å². The van der Waals surface area contributed by atoms with Crippen LogP contribution in [0.5, 0.6) is 0 Å². The normalized spacial score (nSPS) is 13.3. The summed E-state index contributed by atoms with van der Waals surface area (Å²) in [7, 11) is 0. The summed E-state index contributed by atoms with van der Waals surface area (Å²) in [5.41, 5.74) is 5.52. The third-order valence-electron chi connectivity index (χ3n) is 1.94. The minimum Gasteiger partial charge on any atom is -0.460 e. The van der Waals surface area contributed by atoms with Gasteiger partial charge in [-0.05, 0) is 41.5 Å². The molecule has 0 saturated heterocycles. The second kappa shape index (κ2) is 8.35. The van der Waals surface area contributed by atoms with Crippen LogP contribution >= 0.6 is 0 Å². The molecule has 9 heteroatoms. The van der Waals surface area contributed by atoms with E-state index in [0.717, 1.165) is 0 Å². The van der Waals surface area contributed by atoms with Gasteiger partial charge in [-0.2, -0.15) is 5.10 Å². The number of hydrogen-bond acceptors (Lipinski definition) is 6. The molecule has 0 aromatic rings. The van der Waals surface area contributed by atoms with Crippen molar-refractivity contribution in [1.29, 1.82) is 0 Å². The van der Waals surface area contributed by atoms with E-state index in [2.05, 4.69) is 10.4 Å². The van der Waals surface area contributed by atoms with Crippen LogP contribution in [0, 0.1) is 0 Å². The third kappa shape index (κ3) is 13.1. The third-order valence-corrected chi connectivity index (χ3v) is 1.94. The lowest BCUT2D eigenvalue weighted by Crippen LogP contribution is -2.42. The van der Waals surface area contributed by atoms with E-state index in [1.54, 1.807) is 41.5 Å². The summed E-state index contributed by atoms with van der Waals surface area (Å²) < 4.78 is 10.3. The fraction of sp³-hybridized carbons (Fsp3) is 0.714. The molecule has 4 N–H and O–H groups in total. The second-order valence-corrected chi connectivity index (χ2v) is 6.80. The summed E-state index contributed by atoms with van der Waals surface area (Å²) in [6.45, 7) is 10.3. The monoisotopic (exact) mass is 330 g/mol. The first kappa shape index (κ1) is 20.7. The van der Waals surface area contributed by atoms with E-state index in [1.807, 2.05) is 5.43 Å². The van der Waals surface area contributed by atoms with Crippen molar-refractivity contribution in [3.05, 3.63) is 0 Å². The van der Waals surface area contributed by atoms with Crippen molar-refractivity contribution >= 4 is 24.3 Å². The van der Waals surface area contributed by atoms with E-state index < -0.39 is 35.3 Å². The zero-order valence-electron chi connectivity index (χ0n) is 14.4. The van der Waals surface area contributed by atoms with Crippen LogP contribution in [0.1, 0.15) is 48.0 Å². The molecule has 0 fully saturated rings. The van der Waals surface area contributed by atoms with Crippen molar-refractivity contribution in [2.45, 2.75) is 65.2 Å². The molecule has 0 aliphatic heterocycles. The molecule has 0 aliphatic rings. The first-order chi connectivity index (χ1) is 10.3. The standard InChI is InChI=1S/C14H26N4O5/c1-13(2,3)22-10(19)7-9(8-16-18-11(15)20)17-12(21)23-14(4,5)6/h8-9H,7H2,1-6H3,(H,17,21)(H3,15,18,20)/t9-/m1/s1. The Morgan fingerprint density at radius 1 is 1.09 bits per heavy atom. The molecule has 9 nitrogen and oxygen atoms in total. The molecule has 132 valence electrons. The largest absolute Gasteiger partial charge is 0.460 e. The van der Waals surface area contributed by atoms with Crippen LogP contribution < -0.4 is 16.5 Å². The zero-order valence-corrected chi connectivity index (χ0v) is 14.4. The van der Waals surface area contributed by atoms with Crippen LogP contribution in [-0.2, 0) is 14.3 Å². The number of hydrazone groups is 1. The summed E-state index contributed by atoms with van der Waals surface area (Å²) in [4.78, 5) is 34.2. The first-order valence-corrected chi connectivity index (χ1v) is 7.08. The molecule has 0 heterocycles. The molecular formula is C14H26N4O5. The number of primary amides is 1. The number of ether oxygens (including phenoxy) is 2. The van der Waals surface area contributed by atoms with Gasteiger partial charge in [0.25, 0.3) is 0 Å². The molecule has 0 aromatic heterocycles. The zero-order chi connectivity index (χ0) is 18.3. The Balaban J connectivity index is 4.81. The smallest absolute Gasteiger partial charge is 0.408 e. The molecule has 0 rings (SSSR count). The maximum absolute atomic E-state index is 11.8. The molecule has 0 saturated carbocycles. The quantitative estimate of drug-likeness (QED) is 0.396. The van der Waals surface area contributed by atoms with Gasteiger partial charge in [0.15, 0.2) is 0 Å². The number of hydrogen-bond donors (Lipinski definition) is 3. The molecule has 0 spiro atoms. The number of amides is 3.